The largest absolute Gasteiger partial charge is 0.487 e. The van der Waals surface area contributed by atoms with Crippen LogP contribution < -0.4 is 4.74 Å². The number of halogens is 4. The van der Waals surface area contributed by atoms with Crippen molar-refractivity contribution in [1.82, 2.24) is 9.78 Å². The highest BCUT2D eigenvalue weighted by Gasteiger charge is 2.34. The molecule has 0 radical (unpaired) electrons. The molecule has 0 aliphatic rings. The van der Waals surface area contributed by atoms with Gasteiger partial charge in [-0.3, -0.25) is 4.68 Å². The van der Waals surface area contributed by atoms with Crippen molar-refractivity contribution in [2.75, 3.05) is 6.61 Å². The smallest absolute Gasteiger partial charge is 0.419 e. The lowest BCUT2D eigenvalue weighted by Crippen LogP contribution is -2.10. The Morgan fingerprint density at radius 1 is 1.33 bits per heavy atom. The van der Waals surface area contributed by atoms with E-state index in [1.807, 2.05) is 0 Å². The molecule has 9 heteroatoms. The predicted molar refractivity (Wildman–Crippen MR) is 82.6 cm³/mol. The van der Waals surface area contributed by atoms with Gasteiger partial charge in [0.15, 0.2) is 5.69 Å². The summed E-state index contributed by atoms with van der Waals surface area (Å²) in [5, 5.41) is 4.08. The normalized spacial score (nSPS) is 11.4. The maximum absolute atomic E-state index is 12.9. The van der Waals surface area contributed by atoms with Gasteiger partial charge in [0, 0.05) is 7.05 Å². The molecule has 0 amide bonds. The molecular formula is C15H14BrF3N2O3. The van der Waals surface area contributed by atoms with Gasteiger partial charge in [0.05, 0.1) is 16.6 Å². The summed E-state index contributed by atoms with van der Waals surface area (Å²) >= 11 is 3.22. The monoisotopic (exact) mass is 406 g/mol. The van der Waals surface area contributed by atoms with E-state index in [-0.39, 0.29) is 30.4 Å². The molecule has 0 unspecified atom stereocenters. The van der Waals surface area contributed by atoms with Gasteiger partial charge in [-0.25, -0.2) is 4.79 Å². The van der Waals surface area contributed by atoms with Crippen molar-refractivity contribution in [2.45, 2.75) is 19.7 Å². The predicted octanol–water partition coefficient (Wildman–Crippen LogP) is 3.96. The van der Waals surface area contributed by atoms with E-state index in [0.29, 0.717) is 4.47 Å². The first-order chi connectivity index (χ1) is 11.3. The molecule has 0 bridgehead atoms. The van der Waals surface area contributed by atoms with Crippen LogP contribution in [0.4, 0.5) is 13.2 Å². The molecule has 1 aromatic carbocycles. The van der Waals surface area contributed by atoms with Crippen molar-refractivity contribution in [2.24, 2.45) is 7.05 Å². The minimum absolute atomic E-state index is 0.166. The van der Waals surface area contributed by atoms with Crippen molar-refractivity contribution in [3.8, 4) is 5.75 Å². The van der Waals surface area contributed by atoms with Gasteiger partial charge in [0.1, 0.15) is 18.1 Å². The molecule has 0 fully saturated rings. The number of ether oxygens (including phenoxy) is 2. The number of carbonyl (C=O) groups excluding carboxylic acids is 1. The van der Waals surface area contributed by atoms with Crippen LogP contribution in [0.5, 0.6) is 5.75 Å². The topological polar surface area (TPSA) is 53.4 Å². The van der Waals surface area contributed by atoms with Crippen molar-refractivity contribution in [3.63, 3.8) is 0 Å². The van der Waals surface area contributed by atoms with Gasteiger partial charge in [0.2, 0.25) is 0 Å². The SMILES string of the molecule is CCOC(=O)c1c(Br)c(COc2ccccc2C(F)(F)F)nn1C. The van der Waals surface area contributed by atoms with Crippen LogP contribution in [0, 0.1) is 0 Å². The molecule has 130 valence electrons. The van der Waals surface area contributed by atoms with Crippen LogP contribution in [0.2, 0.25) is 0 Å². The molecule has 0 N–H and O–H groups in total. The number of para-hydroxylation sites is 1. The Labute approximate surface area is 144 Å². The first-order valence-corrected chi connectivity index (χ1v) is 7.72. The molecule has 1 aromatic heterocycles. The summed E-state index contributed by atoms with van der Waals surface area (Å²) < 4.78 is 50.6. The van der Waals surface area contributed by atoms with Crippen LogP contribution in [0.15, 0.2) is 28.7 Å². The average Bonchev–Trinajstić information content (AvgIpc) is 2.79. The molecule has 0 atom stereocenters. The molecular weight excluding hydrogens is 393 g/mol. The van der Waals surface area contributed by atoms with Gasteiger partial charge in [-0.2, -0.15) is 18.3 Å². The zero-order chi connectivity index (χ0) is 17.9. The number of alkyl halides is 3. The first-order valence-electron chi connectivity index (χ1n) is 6.93. The summed E-state index contributed by atoms with van der Waals surface area (Å²) in [5.74, 6) is -0.887. The Bertz CT molecular complexity index is 744. The van der Waals surface area contributed by atoms with Gasteiger partial charge >= 0.3 is 12.1 Å². The van der Waals surface area contributed by atoms with Gasteiger partial charge in [-0.15, -0.1) is 0 Å². The second kappa shape index (κ2) is 7.25. The van der Waals surface area contributed by atoms with E-state index in [1.165, 1.54) is 29.9 Å². The second-order valence-corrected chi connectivity index (χ2v) is 5.53. The number of hydrogen-bond acceptors (Lipinski definition) is 4. The van der Waals surface area contributed by atoms with E-state index in [9.17, 15) is 18.0 Å². The van der Waals surface area contributed by atoms with Crippen LogP contribution in [0.3, 0.4) is 0 Å². The number of benzene rings is 1. The lowest BCUT2D eigenvalue weighted by molar-refractivity contribution is -0.139. The quantitative estimate of drug-likeness (QED) is 0.705. The molecule has 24 heavy (non-hydrogen) atoms. The van der Waals surface area contributed by atoms with E-state index in [1.54, 1.807) is 6.92 Å². The third-order valence-corrected chi connectivity index (χ3v) is 3.91. The van der Waals surface area contributed by atoms with Gasteiger partial charge < -0.3 is 9.47 Å². The molecule has 0 saturated carbocycles. The number of esters is 1. The third-order valence-electron chi connectivity index (χ3n) is 3.08. The number of aromatic nitrogens is 2. The van der Waals surface area contributed by atoms with Crippen LogP contribution in [0.25, 0.3) is 0 Å². The summed E-state index contributed by atoms with van der Waals surface area (Å²) in [7, 11) is 1.53. The maximum Gasteiger partial charge on any atom is 0.419 e. The number of rotatable bonds is 5. The standard InChI is InChI=1S/C15H14BrF3N2O3/c1-3-23-14(22)13-12(16)10(20-21(13)2)8-24-11-7-5-4-6-9(11)15(17,18)19/h4-7H,3,8H2,1-2H3. The van der Waals surface area contributed by atoms with Crippen LogP contribution >= 0.6 is 15.9 Å². The zero-order valence-electron chi connectivity index (χ0n) is 12.9. The zero-order valence-corrected chi connectivity index (χ0v) is 14.4. The molecule has 0 saturated heterocycles. The molecule has 5 nitrogen and oxygen atoms in total. The fraction of sp³-hybridized carbons (Fsp3) is 0.333. The summed E-state index contributed by atoms with van der Waals surface area (Å²) in [6, 6.07) is 4.89. The van der Waals surface area contributed by atoms with E-state index in [4.69, 9.17) is 9.47 Å². The van der Waals surface area contributed by atoms with Crippen LogP contribution in [-0.4, -0.2) is 22.4 Å². The number of nitrogens with zero attached hydrogens (tertiary/aromatic N) is 2. The Balaban J connectivity index is 2.23. The molecule has 1 heterocycles. The summed E-state index contributed by atoms with van der Waals surface area (Å²) in [4.78, 5) is 11.9. The first kappa shape index (κ1) is 18.3. The summed E-state index contributed by atoms with van der Waals surface area (Å²) in [6.45, 7) is 1.63. The van der Waals surface area contributed by atoms with E-state index in [0.717, 1.165) is 6.07 Å². The summed E-state index contributed by atoms with van der Waals surface area (Å²) in [5.41, 5.74) is -0.417. The minimum atomic E-state index is -4.52. The third kappa shape index (κ3) is 3.89. The number of aryl methyl sites for hydroxylation is 1. The van der Waals surface area contributed by atoms with Gasteiger partial charge in [-0.05, 0) is 35.0 Å². The van der Waals surface area contributed by atoms with E-state index in [2.05, 4.69) is 21.0 Å². The average molecular weight is 407 g/mol. The molecule has 0 aliphatic heterocycles. The Morgan fingerprint density at radius 2 is 2.00 bits per heavy atom. The van der Waals surface area contributed by atoms with Crippen molar-refractivity contribution in [3.05, 3.63) is 45.7 Å². The van der Waals surface area contributed by atoms with Crippen molar-refractivity contribution in [1.29, 1.82) is 0 Å². The lowest BCUT2D eigenvalue weighted by atomic mass is 10.2. The van der Waals surface area contributed by atoms with Gasteiger partial charge in [0.25, 0.3) is 0 Å². The maximum atomic E-state index is 12.9. The fourth-order valence-corrected chi connectivity index (χ4v) is 2.65. The summed E-state index contributed by atoms with van der Waals surface area (Å²) in [6.07, 6.45) is -4.52. The minimum Gasteiger partial charge on any atom is -0.487 e. The van der Waals surface area contributed by atoms with Crippen LogP contribution in [-0.2, 0) is 24.6 Å². The highest BCUT2D eigenvalue weighted by atomic mass is 79.9. The molecule has 0 spiro atoms. The molecule has 2 rings (SSSR count). The van der Waals surface area contributed by atoms with Crippen LogP contribution in [0.1, 0.15) is 28.7 Å². The number of carbonyl (C=O) groups is 1. The van der Waals surface area contributed by atoms with Gasteiger partial charge in [-0.1, -0.05) is 12.1 Å². The Kier molecular flexibility index (Phi) is 5.53. The highest BCUT2D eigenvalue weighted by Crippen LogP contribution is 2.36. The highest BCUT2D eigenvalue weighted by molar-refractivity contribution is 9.10. The number of hydrogen-bond donors (Lipinski definition) is 0. The van der Waals surface area contributed by atoms with E-state index < -0.39 is 17.7 Å². The Hall–Kier alpha value is -2.03. The Morgan fingerprint density at radius 3 is 2.62 bits per heavy atom. The molecule has 2 aromatic rings. The second-order valence-electron chi connectivity index (χ2n) is 4.74. The lowest BCUT2D eigenvalue weighted by Gasteiger charge is -2.13. The molecule has 0 aliphatic carbocycles. The fourth-order valence-electron chi connectivity index (χ4n) is 2.04. The van der Waals surface area contributed by atoms with Crippen molar-refractivity contribution < 1.29 is 27.4 Å². The van der Waals surface area contributed by atoms with Crippen molar-refractivity contribution >= 4 is 21.9 Å². The van der Waals surface area contributed by atoms with E-state index >= 15 is 0 Å².